The largest absolute Gasteiger partial charge is 0.322 e. The SMILES string of the molecule is O=C(Nc1ccc(F)cc1)c1ccc(-c2nc(-c3ccc(Cl)cc3Cl)cs2)cc1. The minimum absolute atomic E-state index is 0.268. The number of amides is 1. The van der Waals surface area contributed by atoms with Crippen LogP contribution in [0.15, 0.2) is 72.1 Å². The van der Waals surface area contributed by atoms with E-state index in [4.69, 9.17) is 23.2 Å². The first-order valence-corrected chi connectivity index (χ1v) is 10.2. The average molecular weight is 443 g/mol. The van der Waals surface area contributed by atoms with Gasteiger partial charge >= 0.3 is 0 Å². The zero-order valence-electron chi connectivity index (χ0n) is 14.8. The summed E-state index contributed by atoms with van der Waals surface area (Å²) in [5.74, 6) is -0.619. The molecule has 3 aromatic carbocycles. The number of anilines is 1. The molecule has 0 aliphatic rings. The second-order valence-electron chi connectivity index (χ2n) is 6.20. The lowest BCUT2D eigenvalue weighted by Gasteiger charge is -2.06. The van der Waals surface area contributed by atoms with E-state index in [-0.39, 0.29) is 11.7 Å². The van der Waals surface area contributed by atoms with E-state index in [1.807, 2.05) is 23.6 Å². The Bertz CT molecular complexity index is 1170. The second kappa shape index (κ2) is 8.33. The lowest BCUT2D eigenvalue weighted by atomic mass is 10.1. The van der Waals surface area contributed by atoms with Gasteiger partial charge in [0.05, 0.1) is 10.7 Å². The van der Waals surface area contributed by atoms with Crippen LogP contribution in [0.3, 0.4) is 0 Å². The van der Waals surface area contributed by atoms with Crippen molar-refractivity contribution in [2.24, 2.45) is 0 Å². The van der Waals surface area contributed by atoms with Gasteiger partial charge in [-0.15, -0.1) is 11.3 Å². The number of hydrogen-bond acceptors (Lipinski definition) is 3. The summed E-state index contributed by atoms with van der Waals surface area (Å²) in [6.45, 7) is 0. The van der Waals surface area contributed by atoms with Crippen LogP contribution in [-0.2, 0) is 0 Å². The molecule has 3 nitrogen and oxygen atoms in total. The molecule has 7 heteroatoms. The van der Waals surface area contributed by atoms with Crippen molar-refractivity contribution < 1.29 is 9.18 Å². The summed E-state index contributed by atoms with van der Waals surface area (Å²) in [7, 11) is 0. The van der Waals surface area contributed by atoms with E-state index in [0.29, 0.717) is 21.3 Å². The number of nitrogens with zero attached hydrogens (tertiary/aromatic N) is 1. The van der Waals surface area contributed by atoms with Crippen LogP contribution in [0, 0.1) is 5.82 Å². The third-order valence-corrected chi connectivity index (χ3v) is 5.65. The van der Waals surface area contributed by atoms with Gasteiger partial charge in [-0.1, -0.05) is 35.3 Å². The molecule has 1 heterocycles. The Hall–Kier alpha value is -2.73. The average Bonchev–Trinajstić information content (AvgIpc) is 3.20. The van der Waals surface area contributed by atoms with Crippen molar-refractivity contribution in [2.45, 2.75) is 0 Å². The number of thiazole rings is 1. The number of carbonyl (C=O) groups is 1. The first-order chi connectivity index (χ1) is 14.0. The van der Waals surface area contributed by atoms with Gasteiger partial charge in [0.2, 0.25) is 0 Å². The van der Waals surface area contributed by atoms with Gasteiger partial charge in [0.15, 0.2) is 0 Å². The van der Waals surface area contributed by atoms with Gasteiger partial charge in [-0.05, 0) is 54.6 Å². The molecule has 1 amide bonds. The molecule has 0 radical (unpaired) electrons. The number of carbonyl (C=O) groups excluding carboxylic acids is 1. The molecular weight excluding hydrogens is 430 g/mol. The molecule has 0 aliphatic carbocycles. The zero-order valence-corrected chi connectivity index (χ0v) is 17.2. The molecule has 29 heavy (non-hydrogen) atoms. The van der Waals surface area contributed by atoms with Crippen molar-refractivity contribution in [2.75, 3.05) is 5.32 Å². The van der Waals surface area contributed by atoms with Crippen LogP contribution in [0.4, 0.5) is 10.1 Å². The number of hydrogen-bond donors (Lipinski definition) is 1. The zero-order chi connectivity index (χ0) is 20.4. The summed E-state index contributed by atoms with van der Waals surface area (Å²) in [5, 5.41) is 6.60. The normalized spacial score (nSPS) is 10.7. The van der Waals surface area contributed by atoms with E-state index in [1.54, 1.807) is 24.3 Å². The van der Waals surface area contributed by atoms with Crippen molar-refractivity contribution in [1.29, 1.82) is 0 Å². The Kier molecular flexibility index (Phi) is 5.62. The van der Waals surface area contributed by atoms with Crippen LogP contribution >= 0.6 is 34.5 Å². The van der Waals surface area contributed by atoms with Gasteiger partial charge < -0.3 is 5.32 Å². The highest BCUT2D eigenvalue weighted by Crippen LogP contribution is 2.34. The third kappa shape index (κ3) is 4.48. The topological polar surface area (TPSA) is 42.0 Å². The second-order valence-corrected chi connectivity index (χ2v) is 7.90. The van der Waals surface area contributed by atoms with E-state index < -0.39 is 0 Å². The number of halogens is 3. The molecule has 0 unspecified atom stereocenters. The highest BCUT2D eigenvalue weighted by atomic mass is 35.5. The fourth-order valence-corrected chi connectivity index (χ4v) is 4.06. The molecule has 0 saturated carbocycles. The number of aromatic nitrogens is 1. The van der Waals surface area contributed by atoms with Crippen LogP contribution in [0.2, 0.25) is 10.0 Å². The molecule has 0 aliphatic heterocycles. The van der Waals surface area contributed by atoms with Gasteiger partial charge in [0, 0.05) is 32.8 Å². The summed E-state index contributed by atoms with van der Waals surface area (Å²) in [4.78, 5) is 17.0. The van der Waals surface area contributed by atoms with Crippen molar-refractivity contribution in [3.63, 3.8) is 0 Å². The van der Waals surface area contributed by atoms with Crippen LogP contribution in [0.1, 0.15) is 10.4 Å². The molecule has 0 fully saturated rings. The van der Waals surface area contributed by atoms with E-state index in [1.165, 1.54) is 35.6 Å². The summed E-state index contributed by atoms with van der Waals surface area (Å²) < 4.78 is 13.0. The molecule has 0 bridgehead atoms. The lowest BCUT2D eigenvalue weighted by Crippen LogP contribution is -2.11. The molecule has 0 spiro atoms. The Morgan fingerprint density at radius 2 is 1.69 bits per heavy atom. The number of nitrogens with one attached hydrogen (secondary N) is 1. The Morgan fingerprint density at radius 1 is 0.966 bits per heavy atom. The fraction of sp³-hybridized carbons (Fsp3) is 0. The van der Waals surface area contributed by atoms with Crippen molar-refractivity contribution in [1.82, 2.24) is 4.98 Å². The third-order valence-electron chi connectivity index (χ3n) is 4.21. The lowest BCUT2D eigenvalue weighted by molar-refractivity contribution is 0.102. The van der Waals surface area contributed by atoms with Gasteiger partial charge in [-0.2, -0.15) is 0 Å². The van der Waals surface area contributed by atoms with Gasteiger partial charge in [-0.3, -0.25) is 4.79 Å². The summed E-state index contributed by atoms with van der Waals surface area (Å²) >= 11 is 13.7. The Morgan fingerprint density at radius 3 is 2.38 bits per heavy atom. The van der Waals surface area contributed by atoms with Crippen LogP contribution in [0.25, 0.3) is 21.8 Å². The highest BCUT2D eigenvalue weighted by Gasteiger charge is 2.12. The van der Waals surface area contributed by atoms with Crippen molar-refractivity contribution >= 4 is 46.1 Å². The van der Waals surface area contributed by atoms with Gasteiger partial charge in [0.25, 0.3) is 5.91 Å². The smallest absolute Gasteiger partial charge is 0.255 e. The quantitative estimate of drug-likeness (QED) is 0.363. The maximum atomic E-state index is 13.0. The monoisotopic (exact) mass is 442 g/mol. The number of benzene rings is 3. The number of rotatable bonds is 4. The minimum atomic E-state index is -0.352. The standard InChI is InChI=1S/C22H13Cl2FN2OS/c23-15-5-10-18(19(24)11-15)20-12-29-22(27-20)14-3-1-13(2-4-14)21(28)26-17-8-6-16(25)7-9-17/h1-12H,(H,26,28). The molecule has 1 N–H and O–H groups in total. The Labute approximate surface area is 180 Å². The van der Waals surface area contributed by atoms with Crippen LogP contribution in [-0.4, -0.2) is 10.9 Å². The Balaban J connectivity index is 1.51. The molecule has 1 aromatic heterocycles. The van der Waals surface area contributed by atoms with Gasteiger partial charge in [0.1, 0.15) is 10.8 Å². The molecular formula is C22H13Cl2FN2OS. The van der Waals surface area contributed by atoms with E-state index >= 15 is 0 Å². The van der Waals surface area contributed by atoms with Gasteiger partial charge in [-0.25, -0.2) is 9.37 Å². The molecule has 4 rings (SSSR count). The van der Waals surface area contributed by atoms with E-state index in [2.05, 4.69) is 10.3 Å². The predicted octanol–water partition coefficient (Wildman–Crippen LogP) is 7.18. The van der Waals surface area contributed by atoms with Crippen LogP contribution < -0.4 is 5.32 Å². The first-order valence-electron chi connectivity index (χ1n) is 8.58. The molecule has 144 valence electrons. The fourth-order valence-electron chi connectivity index (χ4n) is 2.73. The minimum Gasteiger partial charge on any atom is -0.322 e. The molecule has 4 aromatic rings. The van der Waals surface area contributed by atoms with E-state index in [0.717, 1.165) is 21.8 Å². The summed E-state index contributed by atoms with van der Waals surface area (Å²) in [6, 6.07) is 18.1. The summed E-state index contributed by atoms with van der Waals surface area (Å²) in [5.41, 5.74) is 3.50. The van der Waals surface area contributed by atoms with E-state index in [9.17, 15) is 9.18 Å². The van der Waals surface area contributed by atoms with Crippen molar-refractivity contribution in [3.05, 3.63) is 93.5 Å². The molecule has 0 saturated heterocycles. The maximum absolute atomic E-state index is 13.0. The molecule has 0 atom stereocenters. The summed E-state index contributed by atoms with van der Waals surface area (Å²) in [6.07, 6.45) is 0. The predicted molar refractivity (Wildman–Crippen MR) is 117 cm³/mol. The highest BCUT2D eigenvalue weighted by molar-refractivity contribution is 7.13. The van der Waals surface area contributed by atoms with Crippen molar-refractivity contribution in [3.8, 4) is 21.8 Å². The van der Waals surface area contributed by atoms with Crippen LogP contribution in [0.5, 0.6) is 0 Å². The first kappa shape index (κ1) is 19.6. The maximum Gasteiger partial charge on any atom is 0.255 e.